The lowest BCUT2D eigenvalue weighted by Crippen LogP contribution is -1.88. The number of nitrogens with zero attached hydrogens (tertiary/aromatic N) is 5. The summed E-state index contributed by atoms with van der Waals surface area (Å²) in [6.45, 7) is 1.54. The molecule has 6 aromatic rings. The number of rotatable bonds is 4. The molecule has 6 rings (SSSR count). The largest absolute Gasteiger partial charge is 0.336 e. The first-order chi connectivity index (χ1) is 16.1. The van der Waals surface area contributed by atoms with Crippen molar-refractivity contribution >= 4 is 39.1 Å². The number of carbonyl (C=O) groups excluding carboxylic acids is 1. The molecule has 0 saturated heterocycles. The molecule has 0 radical (unpaired) electrons. The van der Waals surface area contributed by atoms with E-state index in [1.165, 1.54) is 30.7 Å². The number of pyridine rings is 1. The molecule has 5 aromatic heterocycles. The average molecular weight is 455 g/mol. The Morgan fingerprint density at radius 3 is 2.70 bits per heavy atom. The maximum atomic E-state index is 14.7. The fraction of sp³-hybridized carbons (Fsp3) is 0.0435. The number of hydrogen-bond donors (Lipinski definition) is 2. The van der Waals surface area contributed by atoms with Crippen LogP contribution in [0.1, 0.15) is 16.6 Å². The van der Waals surface area contributed by atoms with Gasteiger partial charge in [0, 0.05) is 41.2 Å². The molecule has 0 fully saturated rings. The van der Waals surface area contributed by atoms with Gasteiger partial charge < -0.3 is 4.98 Å². The van der Waals surface area contributed by atoms with E-state index in [1.54, 1.807) is 30.7 Å². The highest BCUT2D eigenvalue weighted by atomic mass is 32.1. The van der Waals surface area contributed by atoms with Crippen LogP contribution in [-0.2, 0) is 0 Å². The second kappa shape index (κ2) is 7.38. The molecule has 0 saturated carbocycles. The van der Waals surface area contributed by atoms with Gasteiger partial charge in [-0.3, -0.25) is 14.9 Å². The number of Topliss-reactive ketones (excluding diaryl/α,β-unsaturated/α-hetero) is 1. The highest BCUT2D eigenvalue weighted by molar-refractivity contribution is 7.17. The molecule has 0 bridgehead atoms. The zero-order valence-corrected chi connectivity index (χ0v) is 17.9. The van der Waals surface area contributed by atoms with Crippen LogP contribution in [0.2, 0.25) is 0 Å². The van der Waals surface area contributed by atoms with Gasteiger partial charge in [-0.25, -0.2) is 19.3 Å². The van der Waals surface area contributed by atoms with E-state index in [9.17, 15) is 9.18 Å². The van der Waals surface area contributed by atoms with E-state index in [4.69, 9.17) is 4.98 Å². The molecule has 160 valence electrons. The van der Waals surface area contributed by atoms with Crippen molar-refractivity contribution in [3.63, 3.8) is 0 Å². The molecule has 0 aliphatic carbocycles. The number of halogens is 1. The van der Waals surface area contributed by atoms with Crippen molar-refractivity contribution in [1.29, 1.82) is 0 Å². The fourth-order valence-electron chi connectivity index (χ4n) is 3.76. The first-order valence-corrected chi connectivity index (χ1v) is 10.8. The Hall–Kier alpha value is -4.31. The lowest BCUT2D eigenvalue weighted by Gasteiger charge is -2.03. The lowest BCUT2D eigenvalue weighted by molar-refractivity contribution is 0.102. The highest BCUT2D eigenvalue weighted by Gasteiger charge is 2.19. The van der Waals surface area contributed by atoms with Gasteiger partial charge in [-0.05, 0) is 31.2 Å². The van der Waals surface area contributed by atoms with Gasteiger partial charge in [0.1, 0.15) is 29.0 Å². The van der Waals surface area contributed by atoms with Crippen LogP contribution in [0.3, 0.4) is 0 Å². The molecular formula is C23H14FN7OS. The Morgan fingerprint density at radius 2 is 1.91 bits per heavy atom. The molecule has 1 aromatic carbocycles. The van der Waals surface area contributed by atoms with Crippen LogP contribution in [0.15, 0.2) is 55.2 Å². The molecule has 0 unspecified atom stereocenters. The summed E-state index contributed by atoms with van der Waals surface area (Å²) in [5.74, 6) is 0.134. The number of imidazole rings is 1. The molecule has 0 spiro atoms. The van der Waals surface area contributed by atoms with E-state index in [2.05, 4.69) is 30.1 Å². The summed E-state index contributed by atoms with van der Waals surface area (Å²) >= 11 is 1.38. The zero-order chi connectivity index (χ0) is 22.5. The van der Waals surface area contributed by atoms with Crippen molar-refractivity contribution < 1.29 is 9.18 Å². The van der Waals surface area contributed by atoms with Crippen LogP contribution in [0.25, 0.3) is 55.2 Å². The SMILES string of the molecule is CC(=O)c1ccc(-c2nccc3[nH]c(-c4n[nH]c5cc(F)c(-c6cncnc6)cc45)nc23)s1. The minimum Gasteiger partial charge on any atom is -0.336 e. The maximum absolute atomic E-state index is 14.7. The monoisotopic (exact) mass is 455 g/mol. The quantitative estimate of drug-likeness (QED) is 0.361. The van der Waals surface area contributed by atoms with Crippen molar-refractivity contribution in [2.45, 2.75) is 6.92 Å². The van der Waals surface area contributed by atoms with Gasteiger partial charge in [-0.2, -0.15) is 5.10 Å². The van der Waals surface area contributed by atoms with Gasteiger partial charge in [0.25, 0.3) is 0 Å². The topological polar surface area (TPSA) is 113 Å². The number of thiophene rings is 1. The van der Waals surface area contributed by atoms with E-state index in [-0.39, 0.29) is 5.78 Å². The number of benzene rings is 1. The Bertz CT molecular complexity index is 1670. The van der Waals surface area contributed by atoms with Crippen molar-refractivity contribution in [1.82, 2.24) is 35.1 Å². The third kappa shape index (κ3) is 3.19. The fourth-order valence-corrected chi connectivity index (χ4v) is 4.66. The van der Waals surface area contributed by atoms with Crippen molar-refractivity contribution in [3.05, 3.63) is 65.9 Å². The number of carbonyl (C=O) groups is 1. The molecule has 0 aliphatic rings. The summed E-state index contributed by atoms with van der Waals surface area (Å²) < 4.78 is 14.7. The minimum atomic E-state index is -0.400. The minimum absolute atomic E-state index is 0.0102. The summed E-state index contributed by atoms with van der Waals surface area (Å²) in [4.78, 5) is 33.7. The second-order valence-electron chi connectivity index (χ2n) is 7.44. The Kier molecular flexibility index (Phi) is 4.34. The van der Waals surface area contributed by atoms with Gasteiger partial charge in [0.15, 0.2) is 11.6 Å². The molecule has 5 heterocycles. The number of fused-ring (bicyclic) bond motifs is 2. The van der Waals surface area contributed by atoms with Crippen LogP contribution in [0, 0.1) is 5.82 Å². The van der Waals surface area contributed by atoms with E-state index in [0.29, 0.717) is 49.6 Å². The number of aromatic amines is 2. The van der Waals surface area contributed by atoms with Crippen LogP contribution >= 0.6 is 11.3 Å². The van der Waals surface area contributed by atoms with E-state index in [1.807, 2.05) is 12.1 Å². The number of H-pyrrole nitrogens is 2. The van der Waals surface area contributed by atoms with E-state index >= 15 is 0 Å². The molecule has 33 heavy (non-hydrogen) atoms. The molecule has 0 aliphatic heterocycles. The smallest absolute Gasteiger partial charge is 0.169 e. The lowest BCUT2D eigenvalue weighted by atomic mass is 10.0. The third-order valence-corrected chi connectivity index (χ3v) is 6.53. The number of hydrogen-bond acceptors (Lipinski definition) is 7. The first-order valence-electron chi connectivity index (χ1n) is 9.98. The molecular weight excluding hydrogens is 441 g/mol. The number of nitrogens with one attached hydrogen (secondary N) is 2. The predicted octanol–water partition coefficient (Wildman–Crippen LogP) is 5.03. The number of aromatic nitrogens is 7. The van der Waals surface area contributed by atoms with Gasteiger partial charge in [-0.1, -0.05) is 0 Å². The Labute approximate surface area is 189 Å². The van der Waals surface area contributed by atoms with E-state index < -0.39 is 5.82 Å². The van der Waals surface area contributed by atoms with Crippen LogP contribution < -0.4 is 0 Å². The molecule has 2 N–H and O–H groups in total. The molecule has 0 atom stereocenters. The summed E-state index contributed by atoms with van der Waals surface area (Å²) in [6.07, 6.45) is 6.22. The van der Waals surface area contributed by atoms with Crippen molar-refractivity contribution in [2.24, 2.45) is 0 Å². The van der Waals surface area contributed by atoms with Crippen LogP contribution in [0.4, 0.5) is 4.39 Å². The van der Waals surface area contributed by atoms with Crippen molar-refractivity contribution in [3.8, 4) is 33.2 Å². The van der Waals surface area contributed by atoms with Crippen LogP contribution in [-0.4, -0.2) is 40.9 Å². The van der Waals surface area contributed by atoms with Crippen molar-refractivity contribution in [2.75, 3.05) is 0 Å². The average Bonchev–Trinajstić information content (AvgIpc) is 3.56. The van der Waals surface area contributed by atoms with Gasteiger partial charge in [0.05, 0.1) is 20.8 Å². The van der Waals surface area contributed by atoms with Gasteiger partial charge in [0.2, 0.25) is 0 Å². The third-order valence-electron chi connectivity index (χ3n) is 5.33. The van der Waals surface area contributed by atoms with Gasteiger partial charge in [-0.15, -0.1) is 11.3 Å². The Balaban J connectivity index is 1.51. The highest BCUT2D eigenvalue weighted by Crippen LogP contribution is 2.35. The normalized spacial score (nSPS) is 11.5. The predicted molar refractivity (Wildman–Crippen MR) is 123 cm³/mol. The van der Waals surface area contributed by atoms with E-state index in [0.717, 1.165) is 10.4 Å². The molecule has 0 amide bonds. The zero-order valence-electron chi connectivity index (χ0n) is 17.1. The van der Waals surface area contributed by atoms with Gasteiger partial charge >= 0.3 is 0 Å². The maximum Gasteiger partial charge on any atom is 0.169 e. The second-order valence-corrected chi connectivity index (χ2v) is 8.52. The first kappa shape index (κ1) is 19.4. The summed E-state index contributed by atoms with van der Waals surface area (Å²) in [7, 11) is 0. The molecule has 10 heteroatoms. The number of ketones is 1. The van der Waals surface area contributed by atoms with Crippen LogP contribution in [0.5, 0.6) is 0 Å². The summed E-state index contributed by atoms with van der Waals surface area (Å²) in [6, 6.07) is 8.61. The summed E-state index contributed by atoms with van der Waals surface area (Å²) in [5, 5.41) is 7.97. The Morgan fingerprint density at radius 1 is 1.06 bits per heavy atom. The standard InChI is InChI=1S/C23H14FN7OS/c1-11(32)18-2-3-19(33-18)22-21-16(4-5-27-22)28-23(29-21)20-14-6-13(12-8-25-10-26-9-12)15(24)7-17(14)30-31-20/h2-10H,1H3,(H,28,29)(H,30,31). The summed E-state index contributed by atoms with van der Waals surface area (Å²) in [5.41, 5.74) is 4.17. The molecule has 8 nitrogen and oxygen atoms in total.